The number of pyridine rings is 1. The molecule has 5 bridgehead atoms. The molecule has 1 aromatic carbocycles. The Morgan fingerprint density at radius 1 is 1.07 bits per heavy atom. The number of cyclic esters (lactones) is 1. The van der Waals surface area contributed by atoms with Gasteiger partial charge in [-0.3, -0.25) is 28.4 Å². The molecule has 3 aliphatic heterocycles. The summed E-state index contributed by atoms with van der Waals surface area (Å²) in [6.07, 6.45) is 6.41. The average molecular weight is 653 g/mol. The maximum absolute atomic E-state index is 14.3. The van der Waals surface area contributed by atoms with Crippen LogP contribution < -0.4 is 16.1 Å². The zero-order chi connectivity index (χ0) is 33.4. The summed E-state index contributed by atoms with van der Waals surface area (Å²) in [4.78, 5) is 59.2. The summed E-state index contributed by atoms with van der Waals surface area (Å²) in [5.41, 5.74) is 3.64. The highest BCUT2D eigenvalue weighted by atomic mass is 32.2. The van der Waals surface area contributed by atoms with Crippen LogP contribution in [0.25, 0.3) is 17.0 Å². The van der Waals surface area contributed by atoms with Crippen molar-refractivity contribution in [1.29, 1.82) is 0 Å². The predicted octanol–water partition coefficient (Wildman–Crippen LogP) is 2.10. The lowest BCUT2D eigenvalue weighted by atomic mass is 9.92. The Hall–Kier alpha value is -3.81. The van der Waals surface area contributed by atoms with Crippen LogP contribution in [-0.4, -0.2) is 91.1 Å². The third kappa shape index (κ3) is 6.81. The Morgan fingerprint density at radius 2 is 1.80 bits per heavy atom. The second-order valence-electron chi connectivity index (χ2n) is 12.9. The normalized spacial score (nSPS) is 30.6. The summed E-state index contributed by atoms with van der Waals surface area (Å²) in [5, 5.41) is 7.90. The first kappa shape index (κ1) is 33.6. The van der Waals surface area contributed by atoms with Gasteiger partial charge in [0, 0.05) is 34.4 Å². The van der Waals surface area contributed by atoms with Gasteiger partial charge in [0.1, 0.15) is 29.8 Å². The van der Waals surface area contributed by atoms with E-state index in [1.807, 2.05) is 30.3 Å². The van der Waals surface area contributed by atoms with Crippen LogP contribution >= 0.6 is 0 Å². The molecule has 5 rings (SSSR count). The SMILES string of the molecule is C=S(C)(=O)N1CCC[C@@]12/C=C/c1ccc3ccc(nc3c1)[C@@H](C)OC(=O)[C@@H]1CCCN(N1)C(=O)[C@H](C)NC(=O)[C@H](C(C)C)NC2=O. The fraction of sp³-hybridized carbons (Fsp3) is 0.515. The Labute approximate surface area is 270 Å². The third-order valence-electron chi connectivity index (χ3n) is 8.92. The average Bonchev–Trinajstić information content (AvgIpc) is 3.47. The highest BCUT2D eigenvalue weighted by Crippen LogP contribution is 2.35. The van der Waals surface area contributed by atoms with Gasteiger partial charge in [0.15, 0.2) is 0 Å². The molecule has 6 atom stereocenters. The summed E-state index contributed by atoms with van der Waals surface area (Å²) in [5.74, 6) is 1.64. The number of hydrogen-bond donors (Lipinski definition) is 3. The van der Waals surface area contributed by atoms with Gasteiger partial charge in [-0.1, -0.05) is 44.2 Å². The number of benzene rings is 1. The van der Waals surface area contributed by atoms with Crippen LogP contribution in [0, 0.1) is 5.92 Å². The van der Waals surface area contributed by atoms with Crippen molar-refractivity contribution in [1.82, 2.24) is 30.4 Å². The van der Waals surface area contributed by atoms with E-state index >= 15 is 0 Å². The van der Waals surface area contributed by atoms with Crippen molar-refractivity contribution in [2.24, 2.45) is 5.92 Å². The Kier molecular flexibility index (Phi) is 9.57. The fourth-order valence-corrected chi connectivity index (χ4v) is 7.81. The monoisotopic (exact) mass is 652 g/mol. The number of rotatable bonds is 2. The zero-order valence-electron chi connectivity index (χ0n) is 27.1. The highest BCUT2D eigenvalue weighted by molar-refractivity contribution is 7.97. The first-order valence-corrected chi connectivity index (χ1v) is 17.9. The van der Waals surface area contributed by atoms with E-state index in [0.717, 1.165) is 10.9 Å². The molecule has 0 saturated carbocycles. The van der Waals surface area contributed by atoms with Gasteiger partial charge in [-0.2, -0.15) is 0 Å². The standard InChI is InChI=1S/C33H44N6O6S/c1-20(2)28-29(40)34-21(3)30(41)38-17-7-9-26(37-38)31(42)45-22(4)25-13-12-24-11-10-23(19-27(24)35-25)14-16-33(32(43)36-28)15-8-18-39(33)46(5,6)44/h10-14,16,19-22,26,28,37H,5,7-9,15,17-18H2,1-4,6H3,(H,34,40)(H,36,43)/b16-14+/t21-,22+,26-,28-,33-,46?/m0/s1. The topological polar surface area (TPSA) is 150 Å². The number of carbonyl (C=O) groups excluding carboxylic acids is 4. The molecule has 4 heterocycles. The van der Waals surface area contributed by atoms with Crippen molar-refractivity contribution in [2.45, 2.75) is 83.1 Å². The van der Waals surface area contributed by atoms with E-state index in [-0.39, 0.29) is 5.92 Å². The summed E-state index contributed by atoms with van der Waals surface area (Å²) >= 11 is 0. The molecule has 1 spiro atoms. The number of hydrogen-bond acceptors (Lipinski definition) is 8. The lowest BCUT2D eigenvalue weighted by Crippen LogP contribution is -2.63. The maximum atomic E-state index is 14.3. The van der Waals surface area contributed by atoms with Crippen molar-refractivity contribution in [3.63, 3.8) is 0 Å². The molecule has 13 heteroatoms. The second-order valence-corrected chi connectivity index (χ2v) is 15.3. The molecule has 2 fully saturated rings. The number of fused-ring (bicyclic) bond motifs is 4. The van der Waals surface area contributed by atoms with Crippen LogP contribution in [0.15, 0.2) is 36.4 Å². The van der Waals surface area contributed by atoms with Crippen molar-refractivity contribution >= 4 is 56.2 Å². The van der Waals surface area contributed by atoms with Gasteiger partial charge in [0.25, 0.3) is 5.91 Å². The number of esters is 1. The minimum absolute atomic E-state index is 0.329. The Balaban J connectivity index is 1.59. The molecule has 3 aliphatic rings. The zero-order valence-corrected chi connectivity index (χ0v) is 27.9. The van der Waals surface area contributed by atoms with E-state index in [1.165, 1.54) is 11.3 Å². The number of ether oxygens (including phenoxy) is 1. The quantitative estimate of drug-likeness (QED) is 0.330. The molecule has 12 nitrogen and oxygen atoms in total. The first-order valence-electron chi connectivity index (χ1n) is 15.8. The van der Waals surface area contributed by atoms with E-state index in [2.05, 4.69) is 21.9 Å². The van der Waals surface area contributed by atoms with Gasteiger partial charge >= 0.3 is 5.97 Å². The van der Waals surface area contributed by atoms with Crippen molar-refractivity contribution in [3.05, 3.63) is 47.7 Å². The minimum Gasteiger partial charge on any atom is -0.455 e. The molecular formula is C33H44N6O6S. The summed E-state index contributed by atoms with van der Waals surface area (Å²) < 4.78 is 20.8. The first-order chi connectivity index (χ1) is 21.7. The van der Waals surface area contributed by atoms with Gasteiger partial charge in [-0.25, -0.2) is 14.7 Å². The molecule has 2 aromatic rings. The van der Waals surface area contributed by atoms with Gasteiger partial charge in [0.05, 0.1) is 11.2 Å². The predicted molar refractivity (Wildman–Crippen MR) is 177 cm³/mol. The van der Waals surface area contributed by atoms with E-state index < -0.39 is 63.2 Å². The molecule has 46 heavy (non-hydrogen) atoms. The van der Waals surface area contributed by atoms with Crippen molar-refractivity contribution in [2.75, 3.05) is 19.3 Å². The number of nitrogens with one attached hydrogen (secondary N) is 3. The lowest BCUT2D eigenvalue weighted by Gasteiger charge is -2.37. The number of hydrazine groups is 1. The van der Waals surface area contributed by atoms with Crippen LogP contribution in [0.4, 0.5) is 0 Å². The van der Waals surface area contributed by atoms with Gasteiger partial charge < -0.3 is 15.4 Å². The lowest BCUT2D eigenvalue weighted by molar-refractivity contribution is -0.157. The molecule has 3 amide bonds. The van der Waals surface area contributed by atoms with Crippen molar-refractivity contribution < 1.29 is 28.1 Å². The molecule has 1 aromatic heterocycles. The Bertz CT molecular complexity index is 1680. The smallest absolute Gasteiger partial charge is 0.325 e. The third-order valence-corrected chi connectivity index (χ3v) is 10.4. The number of carbonyl (C=O) groups is 4. The summed E-state index contributed by atoms with van der Waals surface area (Å²) in [6.45, 7) is 7.66. The van der Waals surface area contributed by atoms with Gasteiger partial charge in [0.2, 0.25) is 11.8 Å². The van der Waals surface area contributed by atoms with E-state index in [4.69, 9.17) is 9.72 Å². The largest absolute Gasteiger partial charge is 0.455 e. The van der Waals surface area contributed by atoms with Gasteiger partial charge in [-0.05, 0) is 69.0 Å². The van der Waals surface area contributed by atoms with Gasteiger partial charge in [-0.15, -0.1) is 0 Å². The number of aromatic nitrogens is 1. The molecule has 0 radical (unpaired) electrons. The molecule has 0 aliphatic carbocycles. The molecule has 2 saturated heterocycles. The maximum Gasteiger partial charge on any atom is 0.325 e. The Morgan fingerprint density at radius 3 is 2.52 bits per heavy atom. The molecule has 248 valence electrons. The van der Waals surface area contributed by atoms with Crippen LogP contribution in [0.2, 0.25) is 0 Å². The fourth-order valence-electron chi connectivity index (χ4n) is 6.37. The number of nitrogens with zero attached hydrogens (tertiary/aromatic N) is 3. The molecular weight excluding hydrogens is 608 g/mol. The second kappa shape index (κ2) is 13.1. The van der Waals surface area contributed by atoms with Crippen LogP contribution in [0.3, 0.4) is 0 Å². The van der Waals surface area contributed by atoms with Crippen LogP contribution in [0.1, 0.15) is 70.7 Å². The summed E-state index contributed by atoms with van der Waals surface area (Å²) in [6, 6.07) is 6.74. The highest BCUT2D eigenvalue weighted by Gasteiger charge is 2.49. The molecule has 1 unspecified atom stereocenters. The molecule has 3 N–H and O–H groups in total. The van der Waals surface area contributed by atoms with Crippen molar-refractivity contribution in [3.8, 4) is 0 Å². The van der Waals surface area contributed by atoms with E-state index in [9.17, 15) is 23.4 Å². The van der Waals surface area contributed by atoms with Crippen LogP contribution in [0.5, 0.6) is 0 Å². The summed E-state index contributed by atoms with van der Waals surface area (Å²) in [7, 11) is -2.82. The minimum atomic E-state index is -2.82. The van der Waals surface area contributed by atoms with E-state index in [1.54, 1.807) is 44.2 Å². The van der Waals surface area contributed by atoms with Crippen LogP contribution in [-0.2, 0) is 33.6 Å². The number of amides is 3. The van der Waals surface area contributed by atoms with E-state index in [0.29, 0.717) is 50.0 Å².